The van der Waals surface area contributed by atoms with Crippen LogP contribution in [0.15, 0.2) is 49.1 Å². The van der Waals surface area contributed by atoms with Crippen molar-refractivity contribution in [3.8, 4) is 11.1 Å². The summed E-state index contributed by atoms with van der Waals surface area (Å²) in [4.78, 5) is 28.1. The second kappa shape index (κ2) is 6.18. The molecule has 0 spiro atoms. The van der Waals surface area contributed by atoms with Gasteiger partial charge in [0.15, 0.2) is 0 Å². The number of primary amides is 1. The molecule has 23 heavy (non-hydrogen) atoms. The Hall–Kier alpha value is -3.35. The highest BCUT2D eigenvalue weighted by atomic mass is 16.1. The molecule has 1 amide bonds. The van der Waals surface area contributed by atoms with Crippen molar-refractivity contribution in [2.75, 3.05) is 5.32 Å². The molecule has 0 aliphatic heterocycles. The third kappa shape index (κ3) is 3.29. The van der Waals surface area contributed by atoms with Gasteiger partial charge in [-0.15, -0.1) is 0 Å². The van der Waals surface area contributed by atoms with E-state index in [0.717, 1.165) is 11.1 Å². The maximum Gasteiger partial charge on any atom is 0.250 e. The van der Waals surface area contributed by atoms with Crippen molar-refractivity contribution in [1.82, 2.24) is 19.9 Å². The van der Waals surface area contributed by atoms with Gasteiger partial charge >= 0.3 is 0 Å². The lowest BCUT2D eigenvalue weighted by molar-refractivity contribution is 0.1000. The largest absolute Gasteiger partial charge is 0.366 e. The first-order valence-electron chi connectivity index (χ1n) is 6.90. The fourth-order valence-corrected chi connectivity index (χ4v) is 2.10. The van der Waals surface area contributed by atoms with Crippen LogP contribution in [0.3, 0.4) is 0 Å². The highest BCUT2D eigenvalue weighted by Gasteiger charge is 2.11. The summed E-state index contributed by atoms with van der Waals surface area (Å²) < 4.78 is 0. The second-order valence-electron chi connectivity index (χ2n) is 4.83. The Labute approximate surface area is 132 Å². The monoisotopic (exact) mass is 306 g/mol. The van der Waals surface area contributed by atoms with Crippen molar-refractivity contribution in [2.45, 2.75) is 6.92 Å². The maximum absolute atomic E-state index is 11.4. The number of nitrogens with two attached hydrogens (primary N) is 1. The average Bonchev–Trinajstić information content (AvgIpc) is 2.56. The van der Waals surface area contributed by atoms with Gasteiger partial charge in [0.2, 0.25) is 5.91 Å². The summed E-state index contributed by atoms with van der Waals surface area (Å²) in [5.74, 6) is 1.30. The number of nitrogens with zero attached hydrogens (tertiary/aromatic N) is 4. The summed E-state index contributed by atoms with van der Waals surface area (Å²) in [6.07, 6.45) is 6.44. The van der Waals surface area contributed by atoms with Gasteiger partial charge in [0.1, 0.15) is 17.5 Å². The normalized spacial score (nSPS) is 10.3. The molecule has 0 aliphatic rings. The van der Waals surface area contributed by atoms with E-state index in [1.165, 1.54) is 6.20 Å². The molecule has 0 bridgehead atoms. The summed E-state index contributed by atoms with van der Waals surface area (Å²) in [5.41, 5.74) is 7.29. The molecular weight excluding hydrogens is 292 g/mol. The molecule has 0 radical (unpaired) electrons. The Morgan fingerprint density at radius 3 is 2.61 bits per heavy atom. The Morgan fingerprint density at radius 1 is 1.13 bits per heavy atom. The first-order chi connectivity index (χ1) is 11.1. The molecule has 114 valence electrons. The summed E-state index contributed by atoms with van der Waals surface area (Å²) >= 11 is 0. The van der Waals surface area contributed by atoms with Crippen LogP contribution in [0.4, 0.5) is 11.6 Å². The van der Waals surface area contributed by atoms with E-state index in [9.17, 15) is 4.79 Å². The van der Waals surface area contributed by atoms with E-state index in [0.29, 0.717) is 23.0 Å². The molecule has 0 aromatic carbocycles. The molecule has 3 heterocycles. The van der Waals surface area contributed by atoms with Crippen molar-refractivity contribution < 1.29 is 4.79 Å². The molecule has 3 N–H and O–H groups in total. The highest BCUT2D eigenvalue weighted by Crippen LogP contribution is 2.28. The predicted octanol–water partition coefficient (Wildman–Crippen LogP) is 2.08. The SMILES string of the molecule is Cc1nccc(Nc2ncc(C(N)=O)cc2-c2ccncc2)n1. The Morgan fingerprint density at radius 2 is 1.91 bits per heavy atom. The van der Waals surface area contributed by atoms with Gasteiger partial charge in [-0.25, -0.2) is 15.0 Å². The molecule has 7 heteroatoms. The molecule has 0 saturated carbocycles. The van der Waals surface area contributed by atoms with Gasteiger partial charge in [-0.2, -0.15) is 0 Å². The van der Waals surface area contributed by atoms with Crippen LogP contribution in [-0.2, 0) is 0 Å². The number of aromatic nitrogens is 4. The predicted molar refractivity (Wildman–Crippen MR) is 86.0 cm³/mol. The van der Waals surface area contributed by atoms with Crippen molar-refractivity contribution in [1.29, 1.82) is 0 Å². The number of hydrogen-bond acceptors (Lipinski definition) is 6. The molecule has 0 unspecified atom stereocenters. The van der Waals surface area contributed by atoms with Crippen LogP contribution in [0.1, 0.15) is 16.2 Å². The molecule has 0 fully saturated rings. The van der Waals surface area contributed by atoms with E-state index < -0.39 is 5.91 Å². The van der Waals surface area contributed by atoms with Crippen molar-refractivity contribution in [3.63, 3.8) is 0 Å². The van der Waals surface area contributed by atoms with Crippen LogP contribution >= 0.6 is 0 Å². The minimum atomic E-state index is -0.530. The average molecular weight is 306 g/mol. The van der Waals surface area contributed by atoms with E-state index >= 15 is 0 Å². The lowest BCUT2D eigenvalue weighted by Crippen LogP contribution is -2.12. The standard InChI is InChI=1S/C16H14N6O/c1-10-19-7-4-14(21-10)22-16-13(11-2-5-18-6-3-11)8-12(9-20-16)15(17)23/h2-9H,1H3,(H2,17,23)(H,19,20,21,22). The molecule has 0 atom stereocenters. The first kappa shape index (κ1) is 14.6. The second-order valence-corrected chi connectivity index (χ2v) is 4.83. The molecule has 3 rings (SSSR count). The first-order valence-corrected chi connectivity index (χ1v) is 6.90. The maximum atomic E-state index is 11.4. The van der Waals surface area contributed by atoms with Crippen LogP contribution in [0.25, 0.3) is 11.1 Å². The molecule has 0 saturated heterocycles. The number of hydrogen-bond donors (Lipinski definition) is 2. The van der Waals surface area contributed by atoms with E-state index in [1.807, 2.05) is 12.1 Å². The lowest BCUT2D eigenvalue weighted by atomic mass is 10.1. The number of nitrogens with one attached hydrogen (secondary N) is 1. The number of aryl methyl sites for hydroxylation is 1. The Kier molecular flexibility index (Phi) is 3.92. The lowest BCUT2D eigenvalue weighted by Gasteiger charge is -2.12. The summed E-state index contributed by atoms with van der Waals surface area (Å²) in [7, 11) is 0. The van der Waals surface area contributed by atoms with E-state index in [2.05, 4.69) is 25.3 Å². The van der Waals surface area contributed by atoms with Gasteiger partial charge in [-0.05, 0) is 36.8 Å². The van der Waals surface area contributed by atoms with E-state index in [1.54, 1.807) is 37.6 Å². The van der Waals surface area contributed by atoms with Crippen molar-refractivity contribution in [2.24, 2.45) is 5.73 Å². The van der Waals surface area contributed by atoms with Gasteiger partial charge in [0, 0.05) is 30.4 Å². The summed E-state index contributed by atoms with van der Waals surface area (Å²) in [5, 5.41) is 3.14. The summed E-state index contributed by atoms with van der Waals surface area (Å²) in [6, 6.07) is 7.10. The zero-order valence-corrected chi connectivity index (χ0v) is 12.4. The zero-order valence-electron chi connectivity index (χ0n) is 12.4. The third-order valence-electron chi connectivity index (χ3n) is 3.19. The zero-order chi connectivity index (χ0) is 16.2. The highest BCUT2D eigenvalue weighted by molar-refractivity contribution is 5.95. The van der Waals surface area contributed by atoms with Crippen LogP contribution in [0.2, 0.25) is 0 Å². The smallest absolute Gasteiger partial charge is 0.250 e. The number of carbonyl (C=O) groups is 1. The van der Waals surface area contributed by atoms with E-state index in [4.69, 9.17) is 5.73 Å². The molecule has 3 aromatic heterocycles. The third-order valence-corrected chi connectivity index (χ3v) is 3.19. The van der Waals surface area contributed by atoms with Crippen LogP contribution in [0.5, 0.6) is 0 Å². The van der Waals surface area contributed by atoms with Gasteiger partial charge in [-0.3, -0.25) is 9.78 Å². The minimum Gasteiger partial charge on any atom is -0.366 e. The Balaban J connectivity index is 2.07. The topological polar surface area (TPSA) is 107 Å². The number of carbonyl (C=O) groups excluding carboxylic acids is 1. The van der Waals surface area contributed by atoms with E-state index in [-0.39, 0.29) is 0 Å². The van der Waals surface area contributed by atoms with Crippen molar-refractivity contribution >= 4 is 17.5 Å². The number of amides is 1. The fourth-order valence-electron chi connectivity index (χ4n) is 2.10. The van der Waals surface area contributed by atoms with Gasteiger partial charge in [0.25, 0.3) is 0 Å². The molecule has 3 aromatic rings. The quantitative estimate of drug-likeness (QED) is 0.764. The van der Waals surface area contributed by atoms with Crippen LogP contribution in [-0.4, -0.2) is 25.8 Å². The molecule has 7 nitrogen and oxygen atoms in total. The van der Waals surface area contributed by atoms with Gasteiger partial charge < -0.3 is 11.1 Å². The number of anilines is 2. The Bertz CT molecular complexity index is 850. The minimum absolute atomic E-state index is 0.334. The van der Waals surface area contributed by atoms with Crippen molar-refractivity contribution in [3.05, 3.63) is 60.4 Å². The molecule has 0 aliphatic carbocycles. The fraction of sp³-hybridized carbons (Fsp3) is 0.0625. The molecular formula is C16H14N6O. The number of rotatable bonds is 4. The van der Waals surface area contributed by atoms with Crippen LogP contribution < -0.4 is 11.1 Å². The number of pyridine rings is 2. The van der Waals surface area contributed by atoms with Gasteiger partial charge in [0.05, 0.1) is 5.56 Å². The van der Waals surface area contributed by atoms with Crippen LogP contribution in [0, 0.1) is 6.92 Å². The van der Waals surface area contributed by atoms with Gasteiger partial charge in [-0.1, -0.05) is 0 Å². The summed E-state index contributed by atoms with van der Waals surface area (Å²) in [6.45, 7) is 1.80.